The van der Waals surface area contributed by atoms with Crippen LogP contribution >= 0.6 is 0 Å². The van der Waals surface area contributed by atoms with E-state index in [0.29, 0.717) is 25.2 Å². The lowest BCUT2D eigenvalue weighted by atomic mass is 10.0. The lowest BCUT2D eigenvalue weighted by molar-refractivity contribution is -0.125. The van der Waals surface area contributed by atoms with Gasteiger partial charge in [0.25, 0.3) is 0 Å². The van der Waals surface area contributed by atoms with Crippen LogP contribution in [0.25, 0.3) is 0 Å². The summed E-state index contributed by atoms with van der Waals surface area (Å²) in [6.45, 7) is 13.4. The van der Waals surface area contributed by atoms with Crippen LogP contribution < -0.4 is 5.32 Å². The Bertz CT molecular complexity index is 200. The molecule has 0 spiro atoms. The van der Waals surface area contributed by atoms with E-state index in [4.69, 9.17) is 4.74 Å². The highest BCUT2D eigenvalue weighted by molar-refractivity contribution is 5.85. The minimum atomic E-state index is -0.168. The maximum Gasteiger partial charge on any atom is 0.154 e. The van der Waals surface area contributed by atoms with Gasteiger partial charge in [-0.25, -0.2) is 0 Å². The Morgan fingerprint density at radius 2 is 1.62 bits per heavy atom. The van der Waals surface area contributed by atoms with Crippen molar-refractivity contribution in [1.29, 1.82) is 0 Å². The molecule has 0 bridgehead atoms. The van der Waals surface area contributed by atoms with Crippen molar-refractivity contribution in [3.63, 3.8) is 0 Å². The molecule has 0 amide bonds. The average molecular weight is 229 g/mol. The molecule has 0 aliphatic heterocycles. The second-order valence-corrected chi connectivity index (χ2v) is 5.36. The van der Waals surface area contributed by atoms with Gasteiger partial charge >= 0.3 is 0 Å². The summed E-state index contributed by atoms with van der Waals surface area (Å²) in [7, 11) is 0. The first-order valence-electron chi connectivity index (χ1n) is 6.22. The fraction of sp³-hybridized carbons (Fsp3) is 0.923. The minimum Gasteiger partial charge on any atom is -0.379 e. The Labute approximate surface area is 99.9 Å². The molecule has 1 N–H and O–H groups in total. The lowest BCUT2D eigenvalue weighted by Gasteiger charge is -2.22. The van der Waals surface area contributed by atoms with E-state index in [1.165, 1.54) is 0 Å². The predicted molar refractivity (Wildman–Crippen MR) is 67.6 cm³/mol. The van der Waals surface area contributed by atoms with Crippen molar-refractivity contribution in [1.82, 2.24) is 5.32 Å². The van der Waals surface area contributed by atoms with E-state index in [0.717, 1.165) is 0 Å². The molecule has 0 heterocycles. The van der Waals surface area contributed by atoms with Crippen LogP contribution in [0, 0.1) is 11.8 Å². The molecular formula is C13H27NO2. The highest BCUT2D eigenvalue weighted by Crippen LogP contribution is 2.03. The number of hydrogen-bond acceptors (Lipinski definition) is 3. The summed E-state index contributed by atoms with van der Waals surface area (Å²) in [5.41, 5.74) is 0. The van der Waals surface area contributed by atoms with Crippen LogP contribution in [0.2, 0.25) is 0 Å². The second-order valence-electron chi connectivity index (χ2n) is 5.36. The van der Waals surface area contributed by atoms with Crippen LogP contribution in [0.4, 0.5) is 0 Å². The van der Waals surface area contributed by atoms with Crippen molar-refractivity contribution < 1.29 is 9.53 Å². The number of nitrogens with one attached hydrogen (secondary N) is 1. The highest BCUT2D eigenvalue weighted by atomic mass is 16.5. The van der Waals surface area contributed by atoms with E-state index >= 15 is 0 Å². The Morgan fingerprint density at radius 3 is 2.00 bits per heavy atom. The van der Waals surface area contributed by atoms with Crippen LogP contribution in [0.15, 0.2) is 0 Å². The SMILES string of the molecule is CC(C)COC[C@H](NC(C)C)C(=O)C(C)C. The van der Waals surface area contributed by atoms with Crippen LogP contribution in [0.3, 0.4) is 0 Å². The molecule has 16 heavy (non-hydrogen) atoms. The predicted octanol–water partition coefficient (Wildman–Crippen LogP) is 2.25. The molecule has 3 nitrogen and oxygen atoms in total. The van der Waals surface area contributed by atoms with Crippen molar-refractivity contribution in [2.24, 2.45) is 11.8 Å². The zero-order valence-electron chi connectivity index (χ0n) is 11.5. The molecule has 96 valence electrons. The number of carbonyl (C=O) groups excluding carboxylic acids is 1. The van der Waals surface area contributed by atoms with E-state index in [1.807, 2.05) is 27.7 Å². The Kier molecular flexibility index (Phi) is 7.60. The van der Waals surface area contributed by atoms with Crippen LogP contribution in [-0.4, -0.2) is 31.1 Å². The quantitative estimate of drug-likeness (QED) is 0.694. The smallest absolute Gasteiger partial charge is 0.154 e. The van der Waals surface area contributed by atoms with E-state index in [2.05, 4.69) is 19.2 Å². The molecule has 0 aliphatic carbocycles. The summed E-state index contributed by atoms with van der Waals surface area (Å²) in [6.07, 6.45) is 0. The Morgan fingerprint density at radius 1 is 1.06 bits per heavy atom. The first-order chi connectivity index (χ1) is 7.34. The van der Waals surface area contributed by atoms with E-state index in [9.17, 15) is 4.79 Å². The van der Waals surface area contributed by atoms with Crippen molar-refractivity contribution >= 4 is 5.78 Å². The standard InChI is InChI=1S/C13H27NO2/c1-9(2)7-16-8-12(14-11(5)6)13(15)10(3)4/h9-12,14H,7-8H2,1-6H3/t12-/m0/s1. The van der Waals surface area contributed by atoms with Crippen LogP contribution in [0.1, 0.15) is 41.5 Å². The van der Waals surface area contributed by atoms with Gasteiger partial charge in [-0.15, -0.1) is 0 Å². The molecule has 0 aromatic rings. The number of rotatable bonds is 8. The van der Waals surface area contributed by atoms with E-state index in [1.54, 1.807) is 0 Å². The highest BCUT2D eigenvalue weighted by Gasteiger charge is 2.21. The van der Waals surface area contributed by atoms with Gasteiger partial charge in [-0.3, -0.25) is 4.79 Å². The van der Waals surface area contributed by atoms with Crippen molar-refractivity contribution in [3.8, 4) is 0 Å². The summed E-state index contributed by atoms with van der Waals surface area (Å²) >= 11 is 0. The second kappa shape index (κ2) is 7.80. The maximum absolute atomic E-state index is 11.9. The summed E-state index contributed by atoms with van der Waals surface area (Å²) in [5, 5.41) is 3.26. The van der Waals surface area contributed by atoms with Gasteiger partial charge in [-0.1, -0.05) is 41.5 Å². The normalized spacial score (nSPS) is 13.8. The number of Topliss-reactive ketones (excluding diaryl/α,β-unsaturated/α-hetero) is 1. The first kappa shape index (κ1) is 15.6. The number of ether oxygens (including phenoxy) is 1. The zero-order valence-corrected chi connectivity index (χ0v) is 11.5. The summed E-state index contributed by atoms with van der Waals surface area (Å²) < 4.78 is 5.55. The molecule has 0 fully saturated rings. The molecule has 0 unspecified atom stereocenters. The maximum atomic E-state index is 11.9. The fourth-order valence-electron chi connectivity index (χ4n) is 1.44. The Hall–Kier alpha value is -0.410. The molecule has 0 aliphatic rings. The third kappa shape index (κ3) is 6.96. The van der Waals surface area contributed by atoms with Gasteiger partial charge in [0.15, 0.2) is 5.78 Å². The van der Waals surface area contributed by atoms with Crippen LogP contribution in [-0.2, 0) is 9.53 Å². The molecule has 0 aromatic carbocycles. The van der Waals surface area contributed by atoms with Crippen molar-refractivity contribution in [2.45, 2.75) is 53.6 Å². The van der Waals surface area contributed by atoms with Gasteiger partial charge in [0.05, 0.1) is 12.6 Å². The van der Waals surface area contributed by atoms with E-state index in [-0.39, 0.29) is 17.7 Å². The molecule has 0 rings (SSSR count). The minimum absolute atomic E-state index is 0.0545. The monoisotopic (exact) mass is 229 g/mol. The molecule has 0 saturated carbocycles. The fourth-order valence-corrected chi connectivity index (χ4v) is 1.44. The largest absolute Gasteiger partial charge is 0.379 e. The zero-order chi connectivity index (χ0) is 12.7. The van der Waals surface area contributed by atoms with Gasteiger partial charge in [-0.05, 0) is 5.92 Å². The first-order valence-corrected chi connectivity index (χ1v) is 6.22. The topological polar surface area (TPSA) is 38.3 Å². The average Bonchev–Trinajstić information content (AvgIpc) is 2.13. The number of hydrogen-bond donors (Lipinski definition) is 1. The summed E-state index contributed by atoms with van der Waals surface area (Å²) in [4.78, 5) is 11.9. The summed E-state index contributed by atoms with van der Waals surface area (Å²) in [6, 6.07) is 0.133. The molecular weight excluding hydrogens is 202 g/mol. The number of ketones is 1. The van der Waals surface area contributed by atoms with Gasteiger partial charge in [0.1, 0.15) is 0 Å². The van der Waals surface area contributed by atoms with Gasteiger partial charge in [-0.2, -0.15) is 0 Å². The molecule has 0 saturated heterocycles. The van der Waals surface area contributed by atoms with Crippen molar-refractivity contribution in [3.05, 3.63) is 0 Å². The van der Waals surface area contributed by atoms with Gasteiger partial charge in [0.2, 0.25) is 0 Å². The molecule has 3 heteroatoms. The summed E-state index contributed by atoms with van der Waals surface area (Å²) in [5.74, 6) is 0.796. The third-order valence-corrected chi connectivity index (χ3v) is 2.18. The van der Waals surface area contributed by atoms with Gasteiger partial charge in [0, 0.05) is 18.6 Å². The van der Waals surface area contributed by atoms with E-state index < -0.39 is 0 Å². The van der Waals surface area contributed by atoms with Crippen LogP contribution in [0.5, 0.6) is 0 Å². The Balaban J connectivity index is 4.15. The molecule has 1 atom stereocenters. The lowest BCUT2D eigenvalue weighted by Crippen LogP contribution is -2.46. The third-order valence-electron chi connectivity index (χ3n) is 2.18. The van der Waals surface area contributed by atoms with Gasteiger partial charge < -0.3 is 10.1 Å². The molecule has 0 aromatic heterocycles. The number of carbonyl (C=O) groups is 1. The van der Waals surface area contributed by atoms with Crippen molar-refractivity contribution in [2.75, 3.05) is 13.2 Å². The molecule has 0 radical (unpaired) electrons.